The van der Waals surface area contributed by atoms with Crippen molar-refractivity contribution in [2.24, 2.45) is 0 Å². The number of aromatic nitrogens is 1. The lowest BCUT2D eigenvalue weighted by Crippen LogP contribution is -2.46. The smallest absolute Gasteiger partial charge is 0.164 e. The van der Waals surface area contributed by atoms with Crippen LogP contribution in [0.4, 0.5) is 5.82 Å². The molecule has 1 fully saturated rings. The predicted molar refractivity (Wildman–Crippen MR) is 75.0 cm³/mol. The second-order valence-electron chi connectivity index (χ2n) is 4.42. The number of rotatable bonds is 3. The summed E-state index contributed by atoms with van der Waals surface area (Å²) in [5, 5.41) is -0.395. The molecule has 1 saturated heterocycles. The van der Waals surface area contributed by atoms with E-state index in [1.807, 2.05) is 11.0 Å². The van der Waals surface area contributed by atoms with E-state index in [4.69, 9.17) is 5.73 Å². The SMILES string of the molecule is CS(=O)(=O)C1CSCCN1Cc1ccc(N)nc1. The topological polar surface area (TPSA) is 76.3 Å². The standard InChI is InChI=1S/C11H17N3O2S2/c1-18(15,16)11-8-17-5-4-14(11)7-9-2-3-10(12)13-6-9/h2-3,6,11H,4-5,7-8H2,1H3,(H2,12,13). The molecule has 7 heteroatoms. The molecule has 100 valence electrons. The summed E-state index contributed by atoms with van der Waals surface area (Å²) in [6, 6.07) is 3.63. The Kier molecular flexibility index (Phi) is 4.14. The summed E-state index contributed by atoms with van der Waals surface area (Å²) in [5.74, 6) is 2.09. The fraction of sp³-hybridized carbons (Fsp3) is 0.545. The first-order valence-electron chi connectivity index (χ1n) is 5.68. The molecule has 5 nitrogen and oxygen atoms in total. The molecule has 1 unspecified atom stereocenters. The molecule has 0 amide bonds. The third-order valence-corrected chi connectivity index (χ3v) is 5.60. The second kappa shape index (κ2) is 5.46. The molecule has 2 rings (SSSR count). The van der Waals surface area contributed by atoms with Crippen LogP contribution in [0.5, 0.6) is 0 Å². The number of nitrogens with two attached hydrogens (primary N) is 1. The zero-order valence-corrected chi connectivity index (χ0v) is 11.9. The minimum Gasteiger partial charge on any atom is -0.384 e. The van der Waals surface area contributed by atoms with Gasteiger partial charge in [-0.25, -0.2) is 13.4 Å². The average molecular weight is 287 g/mol. The Balaban J connectivity index is 2.13. The Bertz CT molecular complexity index is 502. The van der Waals surface area contributed by atoms with Crippen molar-refractivity contribution >= 4 is 27.4 Å². The van der Waals surface area contributed by atoms with Crippen molar-refractivity contribution < 1.29 is 8.42 Å². The molecule has 2 N–H and O–H groups in total. The molecule has 2 heterocycles. The van der Waals surface area contributed by atoms with E-state index in [0.29, 0.717) is 18.1 Å². The Morgan fingerprint density at radius 2 is 2.33 bits per heavy atom. The minimum absolute atomic E-state index is 0.395. The molecular formula is C11H17N3O2S2. The first-order valence-corrected chi connectivity index (χ1v) is 8.79. The van der Waals surface area contributed by atoms with Crippen molar-refractivity contribution in [2.45, 2.75) is 11.9 Å². The summed E-state index contributed by atoms with van der Waals surface area (Å²) >= 11 is 1.69. The molecule has 1 aliphatic heterocycles. The minimum atomic E-state index is -3.04. The first-order chi connectivity index (χ1) is 8.47. The van der Waals surface area contributed by atoms with Crippen molar-refractivity contribution in [3.8, 4) is 0 Å². The highest BCUT2D eigenvalue weighted by Gasteiger charge is 2.30. The number of sulfone groups is 1. The van der Waals surface area contributed by atoms with Crippen molar-refractivity contribution in [3.05, 3.63) is 23.9 Å². The highest BCUT2D eigenvalue weighted by atomic mass is 32.2. The molecule has 18 heavy (non-hydrogen) atoms. The van der Waals surface area contributed by atoms with Crippen LogP contribution in [0.25, 0.3) is 0 Å². The maximum atomic E-state index is 11.8. The highest BCUT2D eigenvalue weighted by molar-refractivity contribution is 8.00. The molecule has 0 radical (unpaired) electrons. The lowest BCUT2D eigenvalue weighted by Gasteiger charge is -2.33. The van der Waals surface area contributed by atoms with Crippen LogP contribution in [-0.4, -0.2) is 48.0 Å². The average Bonchev–Trinajstić information content (AvgIpc) is 2.31. The number of nitrogen functional groups attached to an aromatic ring is 1. The van der Waals surface area contributed by atoms with Gasteiger partial charge < -0.3 is 5.73 Å². The van der Waals surface area contributed by atoms with Crippen molar-refractivity contribution in [1.82, 2.24) is 9.88 Å². The van der Waals surface area contributed by atoms with Crippen molar-refractivity contribution in [2.75, 3.05) is 30.0 Å². The van der Waals surface area contributed by atoms with E-state index in [2.05, 4.69) is 4.98 Å². The third kappa shape index (κ3) is 3.37. The van der Waals surface area contributed by atoms with E-state index in [1.165, 1.54) is 6.26 Å². The molecule has 1 aliphatic rings. The number of hydrogen-bond acceptors (Lipinski definition) is 6. The van der Waals surface area contributed by atoms with Gasteiger partial charge >= 0.3 is 0 Å². The van der Waals surface area contributed by atoms with Gasteiger partial charge in [0.25, 0.3) is 0 Å². The van der Waals surface area contributed by atoms with Crippen LogP contribution >= 0.6 is 11.8 Å². The van der Waals surface area contributed by atoms with Crippen molar-refractivity contribution in [3.63, 3.8) is 0 Å². The van der Waals surface area contributed by atoms with Crippen LogP contribution in [0, 0.1) is 0 Å². The fourth-order valence-corrected chi connectivity index (χ4v) is 4.90. The lowest BCUT2D eigenvalue weighted by atomic mass is 10.2. The van der Waals surface area contributed by atoms with Crippen molar-refractivity contribution in [1.29, 1.82) is 0 Å². The number of pyridine rings is 1. The molecule has 1 aromatic rings. The Labute approximate surface area is 112 Å². The molecule has 0 aliphatic carbocycles. The van der Waals surface area contributed by atoms with Gasteiger partial charge in [-0.2, -0.15) is 11.8 Å². The van der Waals surface area contributed by atoms with Crippen LogP contribution in [0.15, 0.2) is 18.3 Å². The molecule has 0 aromatic carbocycles. The predicted octanol–water partition coefficient (Wildman–Crippen LogP) is 0.583. The van der Waals surface area contributed by atoms with E-state index in [1.54, 1.807) is 24.0 Å². The lowest BCUT2D eigenvalue weighted by molar-refractivity contribution is 0.262. The van der Waals surface area contributed by atoms with E-state index < -0.39 is 15.2 Å². The van der Waals surface area contributed by atoms with Gasteiger partial charge in [-0.1, -0.05) is 6.07 Å². The van der Waals surface area contributed by atoms with E-state index in [0.717, 1.165) is 17.9 Å². The maximum absolute atomic E-state index is 11.8. The summed E-state index contributed by atoms with van der Waals surface area (Å²) in [6.45, 7) is 1.39. The van der Waals surface area contributed by atoms with Gasteiger partial charge in [-0.3, -0.25) is 4.90 Å². The summed E-state index contributed by atoms with van der Waals surface area (Å²) in [7, 11) is -3.04. The van der Waals surface area contributed by atoms with Crippen LogP contribution in [-0.2, 0) is 16.4 Å². The van der Waals surface area contributed by atoms with E-state index in [-0.39, 0.29) is 0 Å². The van der Waals surface area contributed by atoms with Gasteiger partial charge in [0.1, 0.15) is 11.2 Å². The van der Waals surface area contributed by atoms with E-state index >= 15 is 0 Å². The van der Waals surface area contributed by atoms with Crippen LogP contribution in [0.3, 0.4) is 0 Å². The summed E-state index contributed by atoms with van der Waals surface area (Å²) in [4.78, 5) is 6.03. The molecule has 0 saturated carbocycles. The van der Waals surface area contributed by atoms with Gasteiger partial charge in [0.15, 0.2) is 9.84 Å². The fourth-order valence-electron chi connectivity index (χ4n) is 1.95. The van der Waals surface area contributed by atoms with Gasteiger partial charge in [0.05, 0.1) is 0 Å². The van der Waals surface area contributed by atoms with Crippen LogP contribution < -0.4 is 5.73 Å². The summed E-state index contributed by atoms with van der Waals surface area (Å²) < 4.78 is 23.5. The monoisotopic (exact) mass is 287 g/mol. The molecule has 1 aromatic heterocycles. The number of thioether (sulfide) groups is 1. The van der Waals surface area contributed by atoms with Gasteiger partial charge in [-0.05, 0) is 11.6 Å². The number of nitrogens with zero attached hydrogens (tertiary/aromatic N) is 2. The molecular weight excluding hydrogens is 270 g/mol. The second-order valence-corrected chi connectivity index (χ2v) is 7.77. The largest absolute Gasteiger partial charge is 0.384 e. The van der Waals surface area contributed by atoms with E-state index in [9.17, 15) is 8.42 Å². The summed E-state index contributed by atoms with van der Waals surface area (Å²) in [6.07, 6.45) is 3.01. The zero-order chi connectivity index (χ0) is 13.2. The quantitative estimate of drug-likeness (QED) is 0.876. The maximum Gasteiger partial charge on any atom is 0.164 e. The molecule has 0 spiro atoms. The van der Waals surface area contributed by atoms with Crippen LogP contribution in [0.2, 0.25) is 0 Å². The van der Waals surface area contributed by atoms with Gasteiger partial charge in [0, 0.05) is 37.0 Å². The molecule has 0 bridgehead atoms. The highest BCUT2D eigenvalue weighted by Crippen LogP contribution is 2.22. The number of hydrogen-bond donors (Lipinski definition) is 1. The summed E-state index contributed by atoms with van der Waals surface area (Å²) in [5.41, 5.74) is 6.52. The van der Waals surface area contributed by atoms with Gasteiger partial charge in [0.2, 0.25) is 0 Å². The third-order valence-electron chi connectivity index (χ3n) is 2.92. The van der Waals surface area contributed by atoms with Crippen LogP contribution in [0.1, 0.15) is 5.56 Å². The van der Waals surface area contributed by atoms with Gasteiger partial charge in [-0.15, -0.1) is 0 Å². The zero-order valence-electron chi connectivity index (χ0n) is 10.2. The first kappa shape index (κ1) is 13.6. The normalized spacial score (nSPS) is 21.9. The number of anilines is 1. The Morgan fingerprint density at radius 1 is 1.56 bits per heavy atom. The Morgan fingerprint density at radius 3 is 2.94 bits per heavy atom. The Hall–Kier alpha value is -0.790. The molecule has 1 atom stereocenters.